The van der Waals surface area contributed by atoms with Crippen molar-refractivity contribution >= 4 is 0 Å². The third-order valence-corrected chi connectivity index (χ3v) is 3.63. The van der Waals surface area contributed by atoms with Crippen molar-refractivity contribution in [2.24, 2.45) is 11.8 Å². The van der Waals surface area contributed by atoms with Gasteiger partial charge in [-0.15, -0.1) is 0 Å². The summed E-state index contributed by atoms with van der Waals surface area (Å²) in [5.41, 5.74) is 2.81. The first-order valence-electron chi connectivity index (χ1n) is 6.52. The minimum atomic E-state index is 0.449. The fourth-order valence-corrected chi connectivity index (χ4v) is 2.74. The van der Waals surface area contributed by atoms with Gasteiger partial charge in [-0.25, -0.2) is 0 Å². The maximum Gasteiger partial charge on any atom is 0.122 e. The molecule has 0 aliphatic carbocycles. The lowest BCUT2D eigenvalue weighted by Gasteiger charge is -2.23. The molecule has 1 aromatic rings. The molecule has 1 N–H and O–H groups in total. The van der Waals surface area contributed by atoms with Crippen molar-refractivity contribution in [3.05, 3.63) is 29.3 Å². The Balaban J connectivity index is 2.48. The number of hydrogen-bond acceptors (Lipinski definition) is 2. The van der Waals surface area contributed by atoms with E-state index in [-0.39, 0.29) is 0 Å². The fourth-order valence-electron chi connectivity index (χ4n) is 2.74. The van der Waals surface area contributed by atoms with Crippen molar-refractivity contribution in [2.45, 2.75) is 33.2 Å². The van der Waals surface area contributed by atoms with Crippen LogP contribution in [0, 0.1) is 11.8 Å². The summed E-state index contributed by atoms with van der Waals surface area (Å²) in [5.74, 6) is 2.31. The molecular formula is C15H23NO. The molecule has 1 aliphatic heterocycles. The Morgan fingerprint density at radius 3 is 2.76 bits per heavy atom. The number of fused-ring (bicyclic) bond motifs is 1. The highest BCUT2D eigenvalue weighted by molar-refractivity contribution is 5.43. The van der Waals surface area contributed by atoms with Crippen LogP contribution in [0.1, 0.15) is 37.9 Å². The van der Waals surface area contributed by atoms with Crippen LogP contribution < -0.4 is 10.1 Å². The van der Waals surface area contributed by atoms with E-state index in [1.54, 1.807) is 7.11 Å². The second-order valence-electron chi connectivity index (χ2n) is 5.47. The quantitative estimate of drug-likeness (QED) is 0.847. The second-order valence-corrected chi connectivity index (χ2v) is 5.47. The molecule has 0 fully saturated rings. The van der Waals surface area contributed by atoms with Crippen LogP contribution in [0.15, 0.2) is 18.2 Å². The molecule has 2 rings (SSSR count). The largest absolute Gasteiger partial charge is 0.496 e. The fraction of sp³-hybridized carbons (Fsp3) is 0.600. The Bertz CT molecular complexity index is 387. The summed E-state index contributed by atoms with van der Waals surface area (Å²) in [6, 6.07) is 6.87. The van der Waals surface area contributed by atoms with E-state index in [9.17, 15) is 0 Å². The average molecular weight is 233 g/mol. The van der Waals surface area contributed by atoms with Crippen molar-refractivity contribution in [3.63, 3.8) is 0 Å². The number of ether oxygens (including phenoxy) is 1. The highest BCUT2D eigenvalue weighted by Gasteiger charge is 2.25. The van der Waals surface area contributed by atoms with Crippen LogP contribution in [0.5, 0.6) is 5.75 Å². The molecule has 2 heteroatoms. The maximum absolute atomic E-state index is 5.52. The van der Waals surface area contributed by atoms with E-state index in [0.717, 1.165) is 18.7 Å². The predicted octanol–water partition coefficient (Wildman–Crippen LogP) is 3.17. The first-order chi connectivity index (χ1) is 8.13. The average Bonchev–Trinajstić information content (AvgIpc) is 2.46. The Hall–Kier alpha value is -1.02. The van der Waals surface area contributed by atoms with Crippen LogP contribution in [0.25, 0.3) is 0 Å². The first kappa shape index (κ1) is 12.4. The van der Waals surface area contributed by atoms with Crippen molar-refractivity contribution in [3.8, 4) is 5.75 Å². The molecule has 0 radical (unpaired) electrons. The van der Waals surface area contributed by atoms with Gasteiger partial charge in [0, 0.05) is 6.04 Å². The lowest BCUT2D eigenvalue weighted by Crippen LogP contribution is -2.27. The van der Waals surface area contributed by atoms with Gasteiger partial charge in [0.25, 0.3) is 0 Å². The van der Waals surface area contributed by atoms with Crippen LogP contribution in [-0.4, -0.2) is 13.7 Å². The third-order valence-electron chi connectivity index (χ3n) is 3.63. The zero-order valence-corrected chi connectivity index (χ0v) is 11.3. The number of methoxy groups -OCH3 is 1. The molecule has 2 atom stereocenters. The standard InChI is InChI=1S/C15H23NO/c1-10(2)15-12-6-5-7-14(17-4)13(12)8-11(3)9-16-15/h5-7,10-11,15-16H,8-9H2,1-4H3. The minimum Gasteiger partial charge on any atom is -0.496 e. The van der Waals surface area contributed by atoms with E-state index in [4.69, 9.17) is 4.74 Å². The van der Waals surface area contributed by atoms with Crippen molar-refractivity contribution in [1.29, 1.82) is 0 Å². The molecule has 0 spiro atoms. The van der Waals surface area contributed by atoms with Gasteiger partial charge in [0.1, 0.15) is 5.75 Å². The molecule has 2 unspecified atom stereocenters. The van der Waals surface area contributed by atoms with Gasteiger partial charge in [0.15, 0.2) is 0 Å². The Kier molecular flexibility index (Phi) is 3.72. The summed E-state index contributed by atoms with van der Waals surface area (Å²) in [7, 11) is 1.77. The van der Waals surface area contributed by atoms with Gasteiger partial charge >= 0.3 is 0 Å². The summed E-state index contributed by atoms with van der Waals surface area (Å²) < 4.78 is 5.52. The zero-order chi connectivity index (χ0) is 12.4. The van der Waals surface area contributed by atoms with E-state index in [0.29, 0.717) is 17.9 Å². The molecule has 2 nitrogen and oxygen atoms in total. The third kappa shape index (κ3) is 2.47. The van der Waals surface area contributed by atoms with Crippen LogP contribution in [-0.2, 0) is 6.42 Å². The molecule has 17 heavy (non-hydrogen) atoms. The molecule has 0 bridgehead atoms. The van der Waals surface area contributed by atoms with Gasteiger partial charge in [-0.2, -0.15) is 0 Å². The molecule has 1 heterocycles. The van der Waals surface area contributed by atoms with E-state index in [1.807, 2.05) is 0 Å². The summed E-state index contributed by atoms with van der Waals surface area (Å²) in [5, 5.41) is 3.68. The molecule has 0 aromatic heterocycles. The SMILES string of the molecule is COc1cccc2c1CC(C)CNC2C(C)C. The van der Waals surface area contributed by atoms with Crippen LogP contribution >= 0.6 is 0 Å². The lowest BCUT2D eigenvalue weighted by molar-refractivity contribution is 0.395. The summed E-state index contributed by atoms with van der Waals surface area (Å²) >= 11 is 0. The predicted molar refractivity (Wildman–Crippen MR) is 71.4 cm³/mol. The van der Waals surface area contributed by atoms with Gasteiger partial charge in [-0.1, -0.05) is 32.9 Å². The maximum atomic E-state index is 5.52. The summed E-state index contributed by atoms with van der Waals surface area (Å²) in [6.07, 6.45) is 1.11. The van der Waals surface area contributed by atoms with Gasteiger partial charge in [0.2, 0.25) is 0 Å². The van der Waals surface area contributed by atoms with Gasteiger partial charge in [-0.05, 0) is 42.0 Å². The van der Waals surface area contributed by atoms with Crippen LogP contribution in [0.4, 0.5) is 0 Å². The molecule has 0 saturated heterocycles. The summed E-state index contributed by atoms with van der Waals surface area (Å²) in [4.78, 5) is 0. The van der Waals surface area contributed by atoms with Gasteiger partial charge < -0.3 is 10.1 Å². The molecular weight excluding hydrogens is 210 g/mol. The number of nitrogens with one attached hydrogen (secondary N) is 1. The highest BCUT2D eigenvalue weighted by Crippen LogP contribution is 2.34. The van der Waals surface area contributed by atoms with E-state index in [1.165, 1.54) is 11.1 Å². The van der Waals surface area contributed by atoms with E-state index >= 15 is 0 Å². The molecule has 1 aromatic carbocycles. The first-order valence-corrected chi connectivity index (χ1v) is 6.52. The number of hydrogen-bond donors (Lipinski definition) is 1. The van der Waals surface area contributed by atoms with Crippen molar-refractivity contribution in [2.75, 3.05) is 13.7 Å². The van der Waals surface area contributed by atoms with Gasteiger partial charge in [-0.3, -0.25) is 0 Å². The second kappa shape index (κ2) is 5.09. The Morgan fingerprint density at radius 2 is 2.12 bits per heavy atom. The number of rotatable bonds is 2. The van der Waals surface area contributed by atoms with E-state index < -0.39 is 0 Å². The molecule has 0 saturated carbocycles. The smallest absolute Gasteiger partial charge is 0.122 e. The number of benzene rings is 1. The van der Waals surface area contributed by atoms with Crippen molar-refractivity contribution < 1.29 is 4.74 Å². The Morgan fingerprint density at radius 1 is 1.35 bits per heavy atom. The zero-order valence-electron chi connectivity index (χ0n) is 11.3. The lowest BCUT2D eigenvalue weighted by atomic mass is 9.90. The van der Waals surface area contributed by atoms with Crippen molar-refractivity contribution in [1.82, 2.24) is 5.32 Å². The topological polar surface area (TPSA) is 21.3 Å². The Labute approximate surface area is 104 Å². The normalized spacial score (nSPS) is 24.3. The van der Waals surface area contributed by atoms with Crippen LogP contribution in [0.3, 0.4) is 0 Å². The molecule has 94 valence electrons. The monoisotopic (exact) mass is 233 g/mol. The van der Waals surface area contributed by atoms with Crippen LogP contribution in [0.2, 0.25) is 0 Å². The molecule has 0 amide bonds. The van der Waals surface area contributed by atoms with E-state index in [2.05, 4.69) is 44.3 Å². The van der Waals surface area contributed by atoms with Gasteiger partial charge in [0.05, 0.1) is 7.11 Å². The summed E-state index contributed by atoms with van der Waals surface area (Å²) in [6.45, 7) is 7.93. The minimum absolute atomic E-state index is 0.449. The molecule has 1 aliphatic rings. The highest BCUT2D eigenvalue weighted by atomic mass is 16.5.